The lowest BCUT2D eigenvalue weighted by atomic mass is 9.90. The number of carboxylic acid groups (broad SMARTS) is 1. The van der Waals surface area contributed by atoms with Crippen LogP contribution in [0, 0.1) is 12.8 Å². The maximum Gasteiger partial charge on any atom is 0.339 e. The Balaban J connectivity index is 1.96. The van der Waals surface area contributed by atoms with Gasteiger partial charge in [0.15, 0.2) is 6.10 Å². The van der Waals surface area contributed by atoms with Crippen LogP contribution in [0.4, 0.5) is 0 Å². The van der Waals surface area contributed by atoms with E-state index in [9.17, 15) is 19.5 Å². The van der Waals surface area contributed by atoms with Gasteiger partial charge in [0.1, 0.15) is 17.4 Å². The van der Waals surface area contributed by atoms with Crippen LogP contribution in [0.15, 0.2) is 21.3 Å². The lowest BCUT2D eigenvalue weighted by Crippen LogP contribution is -2.48. The van der Waals surface area contributed by atoms with Gasteiger partial charge >= 0.3 is 11.6 Å². The number of benzene rings is 1. The summed E-state index contributed by atoms with van der Waals surface area (Å²) in [5, 5.41) is 12.6. The molecule has 0 radical (unpaired) electrons. The number of aliphatic carboxylic acids is 1. The molecule has 0 aliphatic heterocycles. The summed E-state index contributed by atoms with van der Waals surface area (Å²) in [5.74, 6) is -1.38. The number of carbonyl (C=O) groups excluding carboxylic acids is 1. The molecule has 1 aliphatic rings. The van der Waals surface area contributed by atoms with E-state index in [0.717, 1.165) is 35.8 Å². The quantitative estimate of drug-likeness (QED) is 0.721. The molecule has 1 amide bonds. The minimum absolute atomic E-state index is 0.259. The Morgan fingerprint density at radius 2 is 1.79 bits per heavy atom. The Morgan fingerprint density at radius 3 is 2.41 bits per heavy atom. The standard InChI is InChI=1S/C22H27NO6/c1-11(2)19(21(25)26)23-20(24)13(4)28-16-9-12(3)10-17-18(16)14-7-5-6-8-15(14)22(27)29-17/h9-11,13,19H,5-8H2,1-4H3,(H,23,24)(H,25,26)/t13-,19-/m0/s1. The van der Waals surface area contributed by atoms with E-state index in [1.807, 2.05) is 13.0 Å². The fraction of sp³-hybridized carbons (Fsp3) is 0.500. The molecule has 0 spiro atoms. The zero-order chi connectivity index (χ0) is 21.3. The van der Waals surface area contributed by atoms with Crippen LogP contribution < -0.4 is 15.7 Å². The van der Waals surface area contributed by atoms with E-state index in [4.69, 9.17) is 9.15 Å². The minimum Gasteiger partial charge on any atom is -0.480 e. The number of carbonyl (C=O) groups is 2. The molecular weight excluding hydrogens is 374 g/mol. The predicted octanol–water partition coefficient (Wildman–Crippen LogP) is 2.97. The Labute approximate surface area is 169 Å². The van der Waals surface area contributed by atoms with Crippen molar-refractivity contribution in [2.24, 2.45) is 5.92 Å². The van der Waals surface area contributed by atoms with Gasteiger partial charge in [-0.05, 0) is 68.7 Å². The van der Waals surface area contributed by atoms with Gasteiger partial charge in [0.05, 0.1) is 5.39 Å². The summed E-state index contributed by atoms with van der Waals surface area (Å²) in [4.78, 5) is 36.3. The summed E-state index contributed by atoms with van der Waals surface area (Å²) in [7, 11) is 0. The van der Waals surface area contributed by atoms with Crippen molar-refractivity contribution in [1.82, 2.24) is 5.32 Å². The first kappa shape index (κ1) is 20.9. The number of fused-ring (bicyclic) bond motifs is 3. The van der Waals surface area contributed by atoms with Gasteiger partial charge in [0, 0.05) is 5.56 Å². The Bertz CT molecular complexity index is 1010. The van der Waals surface area contributed by atoms with Crippen LogP contribution in [-0.2, 0) is 22.4 Å². The molecule has 0 bridgehead atoms. The van der Waals surface area contributed by atoms with Crippen LogP contribution in [0.5, 0.6) is 5.75 Å². The SMILES string of the molecule is Cc1cc(O[C@@H](C)C(=O)N[C@H](C(=O)O)C(C)C)c2c3c(c(=O)oc2c1)CCCC3. The van der Waals surface area contributed by atoms with Crippen molar-refractivity contribution >= 4 is 22.8 Å². The van der Waals surface area contributed by atoms with Gasteiger partial charge in [0.25, 0.3) is 5.91 Å². The summed E-state index contributed by atoms with van der Waals surface area (Å²) < 4.78 is 11.5. The van der Waals surface area contributed by atoms with Crippen LogP contribution in [0.1, 0.15) is 50.3 Å². The molecule has 0 unspecified atom stereocenters. The first-order valence-electron chi connectivity index (χ1n) is 9.98. The monoisotopic (exact) mass is 401 g/mol. The highest BCUT2D eigenvalue weighted by molar-refractivity contribution is 5.90. The van der Waals surface area contributed by atoms with Crippen molar-refractivity contribution in [3.63, 3.8) is 0 Å². The fourth-order valence-corrected chi connectivity index (χ4v) is 3.79. The van der Waals surface area contributed by atoms with E-state index >= 15 is 0 Å². The minimum atomic E-state index is -1.09. The highest BCUT2D eigenvalue weighted by atomic mass is 16.5. The highest BCUT2D eigenvalue weighted by Gasteiger charge is 2.28. The lowest BCUT2D eigenvalue weighted by Gasteiger charge is -2.23. The molecule has 1 aliphatic carbocycles. The third-order valence-electron chi connectivity index (χ3n) is 5.33. The molecule has 29 heavy (non-hydrogen) atoms. The van der Waals surface area contributed by atoms with Gasteiger partial charge in [-0.1, -0.05) is 13.8 Å². The number of hydrogen-bond acceptors (Lipinski definition) is 5. The predicted molar refractivity (Wildman–Crippen MR) is 108 cm³/mol. The molecule has 0 saturated heterocycles. The molecule has 3 rings (SSSR count). The molecular formula is C22H27NO6. The molecule has 1 aromatic carbocycles. The van der Waals surface area contributed by atoms with Gasteiger partial charge in [-0.15, -0.1) is 0 Å². The second-order valence-corrected chi connectivity index (χ2v) is 8.02. The summed E-state index contributed by atoms with van der Waals surface area (Å²) in [6.07, 6.45) is 2.43. The third kappa shape index (κ3) is 4.28. The molecule has 156 valence electrons. The number of carboxylic acids is 1. The first-order valence-corrected chi connectivity index (χ1v) is 9.98. The molecule has 0 saturated carbocycles. The molecule has 2 atom stereocenters. The van der Waals surface area contributed by atoms with E-state index in [1.165, 1.54) is 0 Å². The number of amides is 1. The molecule has 0 fully saturated rings. The van der Waals surface area contributed by atoms with Gasteiger partial charge < -0.3 is 19.6 Å². The van der Waals surface area contributed by atoms with Crippen molar-refractivity contribution in [2.45, 2.75) is 65.5 Å². The smallest absolute Gasteiger partial charge is 0.339 e. The maximum absolute atomic E-state index is 12.6. The average Bonchev–Trinajstić information content (AvgIpc) is 2.64. The van der Waals surface area contributed by atoms with Crippen molar-refractivity contribution in [3.8, 4) is 5.75 Å². The number of rotatable bonds is 6. The first-order chi connectivity index (χ1) is 13.7. The molecule has 1 heterocycles. The topological polar surface area (TPSA) is 106 Å². The summed E-state index contributed by atoms with van der Waals surface area (Å²) in [5.41, 5.74) is 2.58. The number of hydrogen-bond donors (Lipinski definition) is 2. The van der Waals surface area contributed by atoms with Crippen molar-refractivity contribution < 1.29 is 23.8 Å². The number of ether oxygens (including phenoxy) is 1. The van der Waals surface area contributed by atoms with Crippen LogP contribution in [0.3, 0.4) is 0 Å². The Kier molecular flexibility index (Phi) is 5.96. The fourth-order valence-electron chi connectivity index (χ4n) is 3.79. The second-order valence-electron chi connectivity index (χ2n) is 8.02. The Hall–Kier alpha value is -2.83. The number of aryl methyl sites for hydroxylation is 2. The van der Waals surface area contributed by atoms with E-state index in [1.54, 1.807) is 26.8 Å². The van der Waals surface area contributed by atoms with Gasteiger partial charge in [-0.25, -0.2) is 9.59 Å². The summed E-state index contributed by atoms with van der Waals surface area (Å²) in [6.45, 7) is 6.89. The van der Waals surface area contributed by atoms with Crippen molar-refractivity contribution in [2.75, 3.05) is 0 Å². The third-order valence-corrected chi connectivity index (χ3v) is 5.33. The van der Waals surface area contributed by atoms with Gasteiger partial charge in [-0.3, -0.25) is 4.79 Å². The normalized spacial score (nSPS) is 15.6. The van der Waals surface area contributed by atoms with Crippen LogP contribution >= 0.6 is 0 Å². The van der Waals surface area contributed by atoms with E-state index in [-0.39, 0.29) is 11.5 Å². The molecule has 7 heteroatoms. The Morgan fingerprint density at radius 1 is 1.14 bits per heavy atom. The summed E-state index contributed by atoms with van der Waals surface area (Å²) in [6, 6.07) is 2.62. The van der Waals surface area contributed by atoms with Crippen molar-refractivity contribution in [3.05, 3.63) is 39.2 Å². The largest absolute Gasteiger partial charge is 0.480 e. The zero-order valence-corrected chi connectivity index (χ0v) is 17.2. The summed E-state index contributed by atoms with van der Waals surface area (Å²) >= 11 is 0. The molecule has 7 nitrogen and oxygen atoms in total. The molecule has 2 N–H and O–H groups in total. The van der Waals surface area contributed by atoms with Crippen LogP contribution in [0.25, 0.3) is 11.0 Å². The van der Waals surface area contributed by atoms with Gasteiger partial charge in [-0.2, -0.15) is 0 Å². The second kappa shape index (κ2) is 8.27. The highest BCUT2D eigenvalue weighted by Crippen LogP contribution is 2.35. The van der Waals surface area contributed by atoms with Crippen LogP contribution in [0.2, 0.25) is 0 Å². The molecule has 2 aromatic rings. The van der Waals surface area contributed by atoms with E-state index in [2.05, 4.69) is 5.32 Å². The van der Waals surface area contributed by atoms with Crippen molar-refractivity contribution in [1.29, 1.82) is 0 Å². The lowest BCUT2D eigenvalue weighted by molar-refractivity contribution is -0.144. The molecule has 1 aromatic heterocycles. The zero-order valence-electron chi connectivity index (χ0n) is 17.2. The average molecular weight is 401 g/mol. The van der Waals surface area contributed by atoms with E-state index in [0.29, 0.717) is 23.3 Å². The number of nitrogens with one attached hydrogen (secondary N) is 1. The maximum atomic E-state index is 12.6. The van der Waals surface area contributed by atoms with Crippen LogP contribution in [-0.4, -0.2) is 29.1 Å². The van der Waals surface area contributed by atoms with E-state index < -0.39 is 24.0 Å². The van der Waals surface area contributed by atoms with Gasteiger partial charge in [0.2, 0.25) is 0 Å².